The van der Waals surface area contributed by atoms with Crippen LogP contribution in [0.3, 0.4) is 0 Å². The molecule has 7 heteroatoms. The quantitative estimate of drug-likeness (QED) is 0.344. The maximum Gasteiger partial charge on any atom is 0.327 e. The number of hydrogen-bond donors (Lipinski definition) is 3. The summed E-state index contributed by atoms with van der Waals surface area (Å²) in [4.78, 5) is 30.8. The number of nitrogens with one attached hydrogen (secondary N) is 2. The van der Waals surface area contributed by atoms with Crippen molar-refractivity contribution in [3.8, 4) is 0 Å². The van der Waals surface area contributed by atoms with E-state index in [0.717, 1.165) is 71.5 Å². The number of nitrogens with zero attached hydrogens (tertiary/aromatic N) is 2. The van der Waals surface area contributed by atoms with Gasteiger partial charge in [-0.25, -0.2) is 4.79 Å². The lowest BCUT2D eigenvalue weighted by atomic mass is 10.2. The molecule has 0 aromatic rings. The average Bonchev–Trinajstić information content (AvgIpc) is 3.12. The molecule has 0 saturated carbocycles. The lowest BCUT2D eigenvalue weighted by Crippen LogP contribution is -3.28. The van der Waals surface area contributed by atoms with Gasteiger partial charge in [0.2, 0.25) is 0 Å². The topological polar surface area (TPSA) is 69.7 Å². The SMILES string of the molecule is O=C1[C@@H]2CCCN2C(=O)N1CCCC[NH+]1CC[NH+](CCO)CC1. The van der Waals surface area contributed by atoms with Crippen molar-refractivity contribution in [2.24, 2.45) is 0 Å². The highest BCUT2D eigenvalue weighted by molar-refractivity contribution is 6.04. The number of unbranched alkanes of at least 4 members (excludes halogenated alkanes) is 1. The summed E-state index contributed by atoms with van der Waals surface area (Å²) < 4.78 is 0. The number of urea groups is 1. The van der Waals surface area contributed by atoms with Crippen LogP contribution in [0.2, 0.25) is 0 Å². The van der Waals surface area contributed by atoms with Gasteiger partial charge in [0.1, 0.15) is 38.8 Å². The first-order chi connectivity index (χ1) is 11.2. The lowest BCUT2D eigenvalue weighted by Gasteiger charge is -2.29. The van der Waals surface area contributed by atoms with Gasteiger partial charge >= 0.3 is 6.03 Å². The maximum absolute atomic E-state index is 12.2. The third-order valence-electron chi connectivity index (χ3n) is 5.57. The second-order valence-electron chi connectivity index (χ2n) is 7.05. The van der Waals surface area contributed by atoms with Crippen LogP contribution < -0.4 is 9.80 Å². The molecule has 3 aliphatic heterocycles. The minimum Gasteiger partial charge on any atom is -0.391 e. The lowest BCUT2D eigenvalue weighted by molar-refractivity contribution is -1.01. The fourth-order valence-electron chi connectivity index (χ4n) is 4.15. The standard InChI is InChI=1S/C16H28N4O3/c21-13-12-18-10-8-17(9-11-18)5-1-2-6-20-15(22)14-4-3-7-19(14)16(20)23/h14,21H,1-13H2/p+2/t14-/m0/s1. The highest BCUT2D eigenvalue weighted by Crippen LogP contribution is 2.27. The Labute approximate surface area is 137 Å². The molecule has 3 amide bonds. The van der Waals surface area contributed by atoms with Crippen LogP contribution in [0.5, 0.6) is 0 Å². The molecule has 0 aromatic heterocycles. The molecule has 3 heterocycles. The molecule has 3 rings (SSSR count). The van der Waals surface area contributed by atoms with Gasteiger partial charge in [-0.3, -0.25) is 9.69 Å². The normalized spacial score (nSPS) is 31.1. The van der Waals surface area contributed by atoms with Gasteiger partial charge in [0.05, 0.1) is 13.2 Å². The van der Waals surface area contributed by atoms with Gasteiger partial charge in [0.15, 0.2) is 0 Å². The molecular weight excluding hydrogens is 296 g/mol. The van der Waals surface area contributed by atoms with E-state index in [1.165, 1.54) is 9.80 Å². The van der Waals surface area contributed by atoms with E-state index < -0.39 is 0 Å². The predicted molar refractivity (Wildman–Crippen MR) is 84.3 cm³/mol. The second-order valence-corrected chi connectivity index (χ2v) is 7.05. The van der Waals surface area contributed by atoms with Crippen LogP contribution in [0, 0.1) is 0 Å². The number of piperazine rings is 1. The first-order valence-electron chi connectivity index (χ1n) is 9.10. The third-order valence-corrected chi connectivity index (χ3v) is 5.57. The molecule has 3 aliphatic rings. The summed E-state index contributed by atoms with van der Waals surface area (Å²) in [5, 5.41) is 8.97. The van der Waals surface area contributed by atoms with Crippen LogP contribution in [-0.4, -0.2) is 91.9 Å². The van der Waals surface area contributed by atoms with Gasteiger partial charge in [0.25, 0.3) is 5.91 Å². The van der Waals surface area contributed by atoms with E-state index in [1.807, 2.05) is 0 Å². The number of imide groups is 1. The number of carbonyl (C=O) groups is 2. The Morgan fingerprint density at radius 2 is 1.74 bits per heavy atom. The van der Waals surface area contributed by atoms with Crippen LogP contribution in [0.1, 0.15) is 25.7 Å². The number of carbonyl (C=O) groups excluding carboxylic acids is 2. The number of fused-ring (bicyclic) bond motifs is 1. The number of aliphatic hydroxyl groups excluding tert-OH is 1. The number of aliphatic hydroxyl groups is 1. The Balaban J connectivity index is 1.33. The molecule has 3 saturated heterocycles. The minimum atomic E-state index is -0.157. The van der Waals surface area contributed by atoms with E-state index in [-0.39, 0.29) is 24.6 Å². The molecule has 0 aliphatic carbocycles. The molecule has 0 radical (unpaired) electrons. The van der Waals surface area contributed by atoms with Gasteiger partial charge < -0.3 is 19.8 Å². The van der Waals surface area contributed by atoms with Crippen LogP contribution in [0.4, 0.5) is 4.79 Å². The molecule has 0 aromatic carbocycles. The van der Waals surface area contributed by atoms with Crippen molar-refractivity contribution in [3.05, 3.63) is 0 Å². The van der Waals surface area contributed by atoms with Crippen molar-refractivity contribution >= 4 is 11.9 Å². The van der Waals surface area contributed by atoms with Crippen molar-refractivity contribution < 1.29 is 24.5 Å². The molecular formula is C16H30N4O3+2. The molecule has 130 valence electrons. The zero-order valence-corrected chi connectivity index (χ0v) is 13.9. The highest BCUT2D eigenvalue weighted by atomic mass is 16.3. The average molecular weight is 326 g/mol. The number of rotatable bonds is 7. The third kappa shape index (κ3) is 3.67. The van der Waals surface area contributed by atoms with E-state index in [1.54, 1.807) is 9.80 Å². The Morgan fingerprint density at radius 3 is 2.39 bits per heavy atom. The zero-order valence-electron chi connectivity index (χ0n) is 13.9. The van der Waals surface area contributed by atoms with Crippen LogP contribution in [0.25, 0.3) is 0 Å². The zero-order chi connectivity index (χ0) is 16.2. The summed E-state index contributed by atoms with van der Waals surface area (Å²) in [7, 11) is 0. The second kappa shape index (κ2) is 7.59. The monoisotopic (exact) mass is 326 g/mol. The molecule has 3 N–H and O–H groups in total. The molecule has 0 unspecified atom stereocenters. The van der Waals surface area contributed by atoms with Crippen molar-refractivity contribution in [3.63, 3.8) is 0 Å². The minimum absolute atomic E-state index is 0.0288. The first-order valence-corrected chi connectivity index (χ1v) is 9.10. The predicted octanol–water partition coefficient (Wildman–Crippen LogP) is -3.03. The maximum atomic E-state index is 12.2. The molecule has 3 fully saturated rings. The summed E-state index contributed by atoms with van der Waals surface area (Å²) in [6.07, 6.45) is 3.77. The summed E-state index contributed by atoms with van der Waals surface area (Å²) >= 11 is 0. The molecule has 0 bridgehead atoms. The van der Waals surface area contributed by atoms with Gasteiger partial charge in [-0.2, -0.15) is 0 Å². The van der Waals surface area contributed by atoms with Crippen molar-refractivity contribution in [1.82, 2.24) is 9.80 Å². The number of amides is 3. The van der Waals surface area contributed by atoms with Crippen molar-refractivity contribution in [1.29, 1.82) is 0 Å². The van der Waals surface area contributed by atoms with Gasteiger partial charge in [-0.1, -0.05) is 0 Å². The summed E-state index contributed by atoms with van der Waals surface area (Å²) in [5.41, 5.74) is 0. The largest absolute Gasteiger partial charge is 0.391 e. The fraction of sp³-hybridized carbons (Fsp3) is 0.875. The van der Waals surface area contributed by atoms with Gasteiger partial charge in [0, 0.05) is 13.1 Å². The number of quaternary nitrogens is 2. The fourth-order valence-corrected chi connectivity index (χ4v) is 4.15. The van der Waals surface area contributed by atoms with E-state index in [0.29, 0.717) is 6.54 Å². The summed E-state index contributed by atoms with van der Waals surface area (Å²) in [6, 6.07) is -0.221. The summed E-state index contributed by atoms with van der Waals surface area (Å²) in [6.45, 7) is 8.18. The summed E-state index contributed by atoms with van der Waals surface area (Å²) in [5.74, 6) is 0.0288. The molecule has 7 nitrogen and oxygen atoms in total. The van der Waals surface area contributed by atoms with E-state index in [4.69, 9.17) is 5.11 Å². The first kappa shape index (κ1) is 16.7. The van der Waals surface area contributed by atoms with Gasteiger partial charge in [-0.05, 0) is 25.7 Å². The highest BCUT2D eigenvalue weighted by Gasteiger charge is 2.46. The van der Waals surface area contributed by atoms with Crippen LogP contribution in [0.15, 0.2) is 0 Å². The Morgan fingerprint density at radius 1 is 1.04 bits per heavy atom. The van der Waals surface area contributed by atoms with Crippen LogP contribution in [-0.2, 0) is 4.79 Å². The van der Waals surface area contributed by atoms with E-state index >= 15 is 0 Å². The van der Waals surface area contributed by atoms with Crippen molar-refractivity contribution in [2.75, 3.05) is 59.0 Å². The molecule has 1 atom stereocenters. The van der Waals surface area contributed by atoms with E-state index in [2.05, 4.69) is 0 Å². The van der Waals surface area contributed by atoms with Crippen molar-refractivity contribution in [2.45, 2.75) is 31.7 Å². The Kier molecular flexibility index (Phi) is 5.50. The Bertz CT molecular complexity index is 415. The Hall–Kier alpha value is -1.18. The number of hydrogen-bond acceptors (Lipinski definition) is 3. The van der Waals surface area contributed by atoms with Crippen LogP contribution >= 0.6 is 0 Å². The van der Waals surface area contributed by atoms with Gasteiger partial charge in [-0.15, -0.1) is 0 Å². The smallest absolute Gasteiger partial charge is 0.327 e. The molecule has 23 heavy (non-hydrogen) atoms. The van der Waals surface area contributed by atoms with E-state index in [9.17, 15) is 9.59 Å². The molecule has 0 spiro atoms.